The molecule has 15 nitrogen and oxygen atoms in total. The van der Waals surface area contributed by atoms with E-state index in [0.29, 0.717) is 39.3 Å². The third kappa shape index (κ3) is 263. The molecule has 1 radical (unpaired) electrons. The van der Waals surface area contributed by atoms with Gasteiger partial charge in [0.2, 0.25) is 0 Å². The van der Waals surface area contributed by atoms with Crippen LogP contribution in [0, 0.1) is 0 Å². The first-order chi connectivity index (χ1) is 15.4. The van der Waals surface area contributed by atoms with Crippen molar-refractivity contribution < 1.29 is 114 Å². The third-order valence-corrected chi connectivity index (χ3v) is 1.69. The summed E-state index contributed by atoms with van der Waals surface area (Å²) >= 11 is 0. The number of carboxylic acid groups (broad SMARTS) is 3. The molecule has 0 atom stereocenters. The molecule has 0 heterocycles. The van der Waals surface area contributed by atoms with Gasteiger partial charge in [0.25, 0.3) is 0 Å². The molecule has 0 aliphatic heterocycles. The first kappa shape index (κ1) is 60.3. The van der Waals surface area contributed by atoms with E-state index in [1.807, 2.05) is 0 Å². The van der Waals surface area contributed by atoms with Crippen LogP contribution >= 0.6 is 0 Å². The number of hydrogen-bond acceptors (Lipinski definition) is 15. The van der Waals surface area contributed by atoms with E-state index in [4.69, 9.17) is 39.9 Å². The zero-order valence-electron chi connectivity index (χ0n) is 20.8. The van der Waals surface area contributed by atoms with Crippen LogP contribution in [-0.2, 0) is 67.7 Å². The van der Waals surface area contributed by atoms with Crippen LogP contribution in [0.4, 0.5) is 0 Å². The average Bonchev–Trinajstić information content (AvgIpc) is 2.69. The number of aliphatic hydroxyl groups excluding tert-OH is 2. The second-order valence-corrected chi connectivity index (χ2v) is 4.99. The molecule has 0 bridgehead atoms. The molecular formula is C18H38CoCuN3O12Zn. The number of carbonyl (C=O) groups is 3. The molecule has 0 aliphatic carbocycles. The molecule has 18 heteroatoms. The smallest absolute Gasteiger partial charge is 0.854 e. The van der Waals surface area contributed by atoms with Gasteiger partial charge in [0, 0.05) is 31.0 Å². The molecule has 0 spiro atoms. The fourth-order valence-corrected chi connectivity index (χ4v) is 0.822. The second-order valence-electron chi connectivity index (χ2n) is 4.99. The van der Waals surface area contributed by atoms with E-state index < -0.39 is 17.9 Å². The van der Waals surface area contributed by atoms with E-state index >= 15 is 0 Å². The molecule has 5 N–H and O–H groups in total. The number of carboxylic acids is 3. The summed E-state index contributed by atoms with van der Waals surface area (Å²) in [7, 11) is 0. The summed E-state index contributed by atoms with van der Waals surface area (Å²) in [4.78, 5) is 26.7. The third-order valence-electron chi connectivity index (χ3n) is 1.69. The van der Waals surface area contributed by atoms with Crippen LogP contribution in [0.2, 0.25) is 0 Å². The first-order valence-electron chi connectivity index (χ1n) is 9.63. The summed E-state index contributed by atoms with van der Waals surface area (Å²) in [6.07, 6.45) is 0. The minimum absolute atomic E-state index is 0. The molecular weight excluding hydrogens is 638 g/mol. The maximum Gasteiger partial charge on any atom is 3.00 e. The maximum absolute atomic E-state index is 9.64. The fraction of sp³-hybridized carbons (Fsp3) is 0.833. The van der Waals surface area contributed by atoms with Crippen molar-refractivity contribution in [2.24, 2.45) is 0 Å². The van der Waals surface area contributed by atoms with Gasteiger partial charge in [-0.3, -0.25) is 0 Å². The summed E-state index contributed by atoms with van der Waals surface area (Å²) in [6, 6.07) is 0. The van der Waals surface area contributed by atoms with Gasteiger partial charge >= 0.3 is 53.3 Å². The van der Waals surface area contributed by atoms with Crippen molar-refractivity contribution in [3.63, 3.8) is 0 Å². The molecule has 0 unspecified atom stereocenters. The van der Waals surface area contributed by atoms with Crippen LogP contribution in [0.3, 0.4) is 0 Å². The molecule has 0 aliphatic rings. The van der Waals surface area contributed by atoms with Crippen molar-refractivity contribution in [1.82, 2.24) is 16.0 Å². The predicted octanol–water partition coefficient (Wildman–Crippen LogP) is -10.6. The van der Waals surface area contributed by atoms with Crippen LogP contribution in [0.15, 0.2) is 0 Å². The summed E-state index contributed by atoms with van der Waals surface area (Å²) in [6.45, 7) is 5.45. The van der Waals surface area contributed by atoms with Crippen molar-refractivity contribution in [3.8, 4) is 0 Å². The van der Waals surface area contributed by atoms with Gasteiger partial charge in [-0.2, -0.15) is 0 Å². The molecule has 0 aromatic carbocycles. The van der Waals surface area contributed by atoms with E-state index in [9.17, 15) is 20.4 Å². The Morgan fingerprint density at radius 1 is 0.556 bits per heavy atom. The summed E-state index contributed by atoms with van der Waals surface area (Å²) in [5.41, 5.74) is 0. The number of rotatable bonds is 12. The molecule has 0 rings (SSSR count). The quantitative estimate of drug-likeness (QED) is 0.0947. The molecule has 0 saturated carbocycles. The largest absolute Gasteiger partial charge is 3.00 e. The summed E-state index contributed by atoms with van der Waals surface area (Å²) in [5, 5.41) is 89.6. The predicted molar refractivity (Wildman–Crippen MR) is 104 cm³/mol. The van der Waals surface area contributed by atoms with Crippen LogP contribution in [0.25, 0.3) is 0 Å². The van der Waals surface area contributed by atoms with Crippen molar-refractivity contribution in [2.45, 2.75) is 20.8 Å². The molecule has 0 fully saturated rings. The van der Waals surface area contributed by atoms with E-state index in [0.717, 1.165) is 20.8 Å². The Labute approximate surface area is 246 Å². The Hall–Kier alpha value is -0.301. The number of aliphatic hydroxyl groups is 2. The Morgan fingerprint density at radius 2 is 0.694 bits per heavy atom. The molecule has 0 amide bonds. The molecule has 0 aromatic heterocycles. The Kier molecular flexibility index (Phi) is 118. The number of hydrogen-bond donors (Lipinski definition) is 5. The Balaban J connectivity index is -0.0000000348. The van der Waals surface area contributed by atoms with Crippen molar-refractivity contribution in [2.75, 3.05) is 78.9 Å². The number of aliphatic carboxylic acids is 3. The molecule has 219 valence electrons. The SMILES string of the molecule is CC(=O)[O-].CC(=O)[O-].CC(=O)[O-].OCCNCCO.[Co+3].[Cu+2].[O-]CCNCC[O-].[O-]CCNCC[O-].[Zn+2]. The van der Waals surface area contributed by atoms with Gasteiger partial charge < -0.3 is 76.3 Å². The standard InChI is InChI=1S/C4H11NO2.2C4H9NO2.3C2H4O2.Co.Cu.Zn/c3*6-3-1-5-2-4-7;3*1-2(3)4;;;/h5-7H,1-4H2;2*5H,1-4H2;3*1H3,(H,3,4);;;/q;2*-2;;;;+3;2*+2/p-3. The minimum atomic E-state index is -1.08. The Bertz CT molecular complexity index is 308. The normalized spacial score (nSPS) is 7.58. The number of nitrogens with one attached hydrogen (secondary N) is 3. The second kappa shape index (κ2) is 70.2. The molecule has 0 saturated heterocycles. The van der Waals surface area contributed by atoms with E-state index in [1.54, 1.807) is 0 Å². The van der Waals surface area contributed by atoms with E-state index in [-0.39, 0.29) is 93.0 Å². The topological polar surface area (TPSA) is 289 Å². The van der Waals surface area contributed by atoms with Gasteiger partial charge in [0.1, 0.15) is 0 Å². The summed E-state index contributed by atoms with van der Waals surface area (Å²) < 4.78 is 0. The van der Waals surface area contributed by atoms with Gasteiger partial charge in [-0.25, -0.2) is 0 Å². The maximum atomic E-state index is 9.64. The van der Waals surface area contributed by atoms with Gasteiger partial charge in [-0.05, 0) is 47.0 Å². The fourth-order valence-electron chi connectivity index (χ4n) is 0.822. The van der Waals surface area contributed by atoms with Gasteiger partial charge in [0.15, 0.2) is 0 Å². The van der Waals surface area contributed by atoms with Gasteiger partial charge in [-0.1, -0.05) is 0 Å². The Morgan fingerprint density at radius 3 is 0.806 bits per heavy atom. The molecule has 36 heavy (non-hydrogen) atoms. The monoisotopic (exact) mass is 674 g/mol. The minimum Gasteiger partial charge on any atom is -0.854 e. The van der Waals surface area contributed by atoms with E-state index in [2.05, 4.69) is 16.0 Å². The van der Waals surface area contributed by atoms with Crippen molar-refractivity contribution >= 4 is 17.9 Å². The van der Waals surface area contributed by atoms with Crippen LogP contribution < -0.4 is 51.7 Å². The summed E-state index contributed by atoms with van der Waals surface area (Å²) in [5.74, 6) is -3.25. The van der Waals surface area contributed by atoms with Crippen LogP contribution in [-0.4, -0.2) is 107 Å². The van der Waals surface area contributed by atoms with Gasteiger partial charge in [-0.15, -0.1) is 26.4 Å². The molecule has 0 aromatic rings. The zero-order valence-corrected chi connectivity index (χ0v) is 25.8. The average molecular weight is 676 g/mol. The van der Waals surface area contributed by atoms with E-state index in [1.165, 1.54) is 0 Å². The van der Waals surface area contributed by atoms with Crippen molar-refractivity contribution in [3.05, 3.63) is 0 Å². The van der Waals surface area contributed by atoms with Gasteiger partial charge in [0.05, 0.1) is 13.2 Å². The number of carbonyl (C=O) groups excluding carboxylic acids is 3. The van der Waals surface area contributed by atoms with Crippen molar-refractivity contribution in [1.29, 1.82) is 0 Å². The van der Waals surface area contributed by atoms with Crippen LogP contribution in [0.1, 0.15) is 20.8 Å². The zero-order chi connectivity index (χ0) is 27.3. The van der Waals surface area contributed by atoms with Crippen LogP contribution in [0.5, 0.6) is 0 Å². The first-order valence-corrected chi connectivity index (χ1v) is 9.63.